The second-order valence-electron chi connectivity index (χ2n) is 6.06. The number of fused-ring (bicyclic) bond motifs is 1. The van der Waals surface area contributed by atoms with Crippen LogP contribution in [-0.2, 0) is 21.4 Å². The molecule has 0 spiro atoms. The maximum atomic E-state index is 12.6. The molecule has 0 amide bonds. The summed E-state index contributed by atoms with van der Waals surface area (Å²) in [6, 6.07) is 12.5. The number of aromatic nitrogens is 1. The first kappa shape index (κ1) is 18.3. The molecule has 0 saturated carbocycles. The second-order valence-corrected chi connectivity index (χ2v) is 9.59. The number of para-hydroxylation sites is 1. The van der Waals surface area contributed by atoms with Crippen molar-refractivity contribution in [3.8, 4) is 0 Å². The predicted octanol–water partition coefficient (Wildman–Crippen LogP) is 3.31. The zero-order valence-electron chi connectivity index (χ0n) is 14.0. The molecular formula is C18H16N2O4S3. The van der Waals surface area contributed by atoms with Crippen LogP contribution < -0.4 is 4.72 Å². The number of thiophene rings is 2. The SMILES string of the molecule is O=S(=O)(Cc1noc2ccccc12)NC[C@@](O)(c1ccsc1)c1cccs1. The normalized spacial score (nSPS) is 14.4. The molecule has 0 aliphatic carbocycles. The van der Waals surface area contributed by atoms with Gasteiger partial charge in [0.05, 0.1) is 0 Å². The second kappa shape index (κ2) is 7.17. The van der Waals surface area contributed by atoms with E-state index in [1.165, 1.54) is 22.7 Å². The average molecular weight is 421 g/mol. The van der Waals surface area contributed by atoms with Crippen LogP contribution in [0.2, 0.25) is 0 Å². The monoisotopic (exact) mass is 420 g/mol. The molecule has 0 aliphatic rings. The van der Waals surface area contributed by atoms with Crippen LogP contribution in [0, 0.1) is 0 Å². The molecule has 4 aromatic rings. The van der Waals surface area contributed by atoms with Gasteiger partial charge in [0.15, 0.2) is 5.58 Å². The van der Waals surface area contributed by atoms with E-state index in [1.807, 2.05) is 22.2 Å². The van der Waals surface area contributed by atoms with Gasteiger partial charge >= 0.3 is 0 Å². The quantitative estimate of drug-likeness (QED) is 0.479. The molecule has 9 heteroatoms. The summed E-state index contributed by atoms with van der Waals surface area (Å²) in [6.45, 7) is -0.164. The highest BCUT2D eigenvalue weighted by Crippen LogP contribution is 2.33. The number of benzene rings is 1. The molecule has 0 fully saturated rings. The topological polar surface area (TPSA) is 92.4 Å². The van der Waals surface area contributed by atoms with Gasteiger partial charge in [-0.15, -0.1) is 11.3 Å². The Morgan fingerprint density at radius 2 is 2.00 bits per heavy atom. The van der Waals surface area contributed by atoms with Crippen LogP contribution in [0.1, 0.15) is 16.1 Å². The van der Waals surface area contributed by atoms with E-state index >= 15 is 0 Å². The minimum Gasteiger partial charge on any atom is -0.378 e. The highest BCUT2D eigenvalue weighted by molar-refractivity contribution is 7.88. The van der Waals surface area contributed by atoms with Crippen molar-refractivity contribution < 1.29 is 18.0 Å². The van der Waals surface area contributed by atoms with Gasteiger partial charge in [-0.1, -0.05) is 23.4 Å². The van der Waals surface area contributed by atoms with Gasteiger partial charge in [-0.25, -0.2) is 13.1 Å². The fraction of sp³-hybridized carbons (Fsp3) is 0.167. The molecule has 0 radical (unpaired) electrons. The molecule has 0 saturated heterocycles. The van der Waals surface area contributed by atoms with E-state index in [0.717, 1.165) is 0 Å². The molecular weight excluding hydrogens is 404 g/mol. The van der Waals surface area contributed by atoms with Crippen molar-refractivity contribution in [1.29, 1.82) is 0 Å². The lowest BCUT2D eigenvalue weighted by Gasteiger charge is -2.26. The van der Waals surface area contributed by atoms with Crippen LogP contribution in [-0.4, -0.2) is 25.2 Å². The highest BCUT2D eigenvalue weighted by Gasteiger charge is 2.34. The molecule has 0 unspecified atom stereocenters. The maximum Gasteiger partial charge on any atom is 0.217 e. The van der Waals surface area contributed by atoms with Gasteiger partial charge in [0, 0.05) is 22.4 Å². The third-order valence-electron chi connectivity index (χ3n) is 4.25. The molecule has 2 N–H and O–H groups in total. The van der Waals surface area contributed by atoms with Crippen LogP contribution >= 0.6 is 22.7 Å². The maximum absolute atomic E-state index is 12.6. The Morgan fingerprint density at radius 1 is 1.15 bits per heavy atom. The first-order valence-electron chi connectivity index (χ1n) is 8.08. The standard InChI is InChI=1S/C18H16N2O4S3/c21-18(13-7-9-25-10-13,17-6-3-8-26-17)12-19-27(22,23)11-15-14-4-1-2-5-16(14)24-20-15/h1-10,19,21H,11-12H2/t18-/m1/s1. The van der Waals surface area contributed by atoms with Crippen molar-refractivity contribution in [2.75, 3.05) is 6.54 Å². The third-order valence-corrected chi connectivity index (χ3v) is 7.20. The summed E-state index contributed by atoms with van der Waals surface area (Å²) in [5.41, 5.74) is 0.113. The van der Waals surface area contributed by atoms with Crippen molar-refractivity contribution in [3.05, 3.63) is 74.7 Å². The molecule has 3 heterocycles. The molecule has 1 atom stereocenters. The van der Waals surface area contributed by atoms with Crippen LogP contribution in [0.4, 0.5) is 0 Å². The summed E-state index contributed by atoms with van der Waals surface area (Å²) in [5.74, 6) is -0.325. The first-order chi connectivity index (χ1) is 13.0. The van der Waals surface area contributed by atoms with Gasteiger partial charge in [0.2, 0.25) is 10.0 Å². The Kier molecular flexibility index (Phi) is 4.87. The molecule has 3 aromatic heterocycles. The lowest BCUT2D eigenvalue weighted by molar-refractivity contribution is 0.0903. The average Bonchev–Trinajstić information content (AvgIpc) is 3.41. The largest absolute Gasteiger partial charge is 0.378 e. The highest BCUT2D eigenvalue weighted by atomic mass is 32.2. The fourth-order valence-corrected chi connectivity index (χ4v) is 5.50. The molecule has 0 bridgehead atoms. The third kappa shape index (κ3) is 3.69. The van der Waals surface area contributed by atoms with Crippen molar-refractivity contribution in [2.45, 2.75) is 11.4 Å². The summed E-state index contributed by atoms with van der Waals surface area (Å²) >= 11 is 2.83. The van der Waals surface area contributed by atoms with Crippen molar-refractivity contribution in [2.24, 2.45) is 0 Å². The fourth-order valence-electron chi connectivity index (χ4n) is 2.83. The minimum absolute atomic E-state index is 0.164. The van der Waals surface area contributed by atoms with E-state index in [0.29, 0.717) is 27.1 Å². The van der Waals surface area contributed by atoms with E-state index in [-0.39, 0.29) is 12.3 Å². The molecule has 4 rings (SSSR count). The molecule has 6 nitrogen and oxygen atoms in total. The molecule has 140 valence electrons. The zero-order chi connectivity index (χ0) is 18.9. The molecule has 27 heavy (non-hydrogen) atoms. The molecule has 0 aliphatic heterocycles. The van der Waals surface area contributed by atoms with Crippen LogP contribution in [0.15, 0.2) is 63.1 Å². The number of hydrogen-bond donors (Lipinski definition) is 2. The van der Waals surface area contributed by atoms with Crippen LogP contribution in [0.25, 0.3) is 11.0 Å². The van der Waals surface area contributed by atoms with Crippen LogP contribution in [0.3, 0.4) is 0 Å². The Labute approximate surface area is 164 Å². The smallest absolute Gasteiger partial charge is 0.217 e. The van der Waals surface area contributed by atoms with Gasteiger partial charge in [-0.2, -0.15) is 11.3 Å². The zero-order valence-corrected chi connectivity index (χ0v) is 16.5. The van der Waals surface area contributed by atoms with Gasteiger partial charge in [0.1, 0.15) is 17.0 Å². The van der Waals surface area contributed by atoms with Crippen molar-refractivity contribution >= 4 is 43.7 Å². The van der Waals surface area contributed by atoms with Crippen LogP contribution in [0.5, 0.6) is 0 Å². The lowest BCUT2D eigenvalue weighted by Crippen LogP contribution is -2.41. The number of hydrogen-bond acceptors (Lipinski definition) is 7. The molecule has 1 aromatic carbocycles. The number of nitrogens with zero attached hydrogens (tertiary/aromatic N) is 1. The summed E-state index contributed by atoms with van der Waals surface area (Å²) in [5, 5.41) is 21.3. The van der Waals surface area contributed by atoms with Gasteiger partial charge in [-0.05, 0) is 40.4 Å². The van der Waals surface area contributed by atoms with Gasteiger partial charge in [0.25, 0.3) is 0 Å². The summed E-state index contributed by atoms with van der Waals surface area (Å²) in [6.07, 6.45) is 0. The van der Waals surface area contributed by atoms with Gasteiger partial charge in [-0.3, -0.25) is 0 Å². The number of nitrogens with one attached hydrogen (secondary N) is 1. The summed E-state index contributed by atoms with van der Waals surface area (Å²) in [7, 11) is -3.74. The first-order valence-corrected chi connectivity index (χ1v) is 11.6. The van der Waals surface area contributed by atoms with E-state index in [2.05, 4.69) is 9.88 Å². The Morgan fingerprint density at radius 3 is 2.74 bits per heavy atom. The Hall–Kier alpha value is -2.04. The number of sulfonamides is 1. The summed E-state index contributed by atoms with van der Waals surface area (Å²) in [4.78, 5) is 0.676. The Balaban J connectivity index is 1.57. The van der Waals surface area contributed by atoms with Crippen molar-refractivity contribution in [3.63, 3.8) is 0 Å². The summed E-state index contributed by atoms with van der Waals surface area (Å²) < 4.78 is 33.0. The van der Waals surface area contributed by atoms with E-state index < -0.39 is 15.6 Å². The predicted molar refractivity (Wildman–Crippen MR) is 106 cm³/mol. The Bertz CT molecular complexity index is 1100. The van der Waals surface area contributed by atoms with E-state index in [1.54, 1.807) is 36.4 Å². The lowest BCUT2D eigenvalue weighted by atomic mass is 9.95. The number of rotatable bonds is 7. The van der Waals surface area contributed by atoms with E-state index in [4.69, 9.17) is 4.52 Å². The van der Waals surface area contributed by atoms with Crippen molar-refractivity contribution in [1.82, 2.24) is 9.88 Å². The van der Waals surface area contributed by atoms with Gasteiger partial charge < -0.3 is 9.63 Å². The number of aliphatic hydroxyl groups is 1. The van der Waals surface area contributed by atoms with E-state index in [9.17, 15) is 13.5 Å². The minimum atomic E-state index is -3.74.